The number of hydrogen-bond donors (Lipinski definition) is 1. The molecule has 0 aliphatic carbocycles. The third-order valence-corrected chi connectivity index (χ3v) is 5.67. The first kappa shape index (κ1) is 18.7. The number of thioether (sulfide) groups is 1. The fourth-order valence-electron chi connectivity index (χ4n) is 3.27. The summed E-state index contributed by atoms with van der Waals surface area (Å²) in [6.45, 7) is 1.26. The first-order chi connectivity index (χ1) is 13.7. The van der Waals surface area contributed by atoms with Gasteiger partial charge in [0.25, 0.3) is 5.91 Å². The zero-order valence-corrected chi connectivity index (χ0v) is 16.1. The zero-order valence-electron chi connectivity index (χ0n) is 15.3. The minimum absolute atomic E-state index is 0.0527. The Morgan fingerprint density at radius 3 is 2.75 bits per heavy atom. The largest absolute Gasteiger partial charge is 0.376 e. The van der Waals surface area contributed by atoms with E-state index in [1.807, 2.05) is 24.3 Å². The van der Waals surface area contributed by atoms with Crippen molar-refractivity contribution in [3.63, 3.8) is 0 Å². The van der Waals surface area contributed by atoms with E-state index in [1.54, 1.807) is 36.5 Å². The lowest BCUT2D eigenvalue weighted by molar-refractivity contribution is 0.0859. The van der Waals surface area contributed by atoms with E-state index in [1.165, 1.54) is 0 Å². The molecule has 28 heavy (non-hydrogen) atoms. The number of aromatic nitrogens is 1. The Kier molecular flexibility index (Phi) is 5.69. The van der Waals surface area contributed by atoms with Crippen molar-refractivity contribution in [1.29, 1.82) is 0 Å². The molecule has 0 radical (unpaired) electrons. The summed E-state index contributed by atoms with van der Waals surface area (Å²) in [7, 11) is 0. The van der Waals surface area contributed by atoms with Crippen molar-refractivity contribution in [1.82, 2.24) is 10.3 Å². The molecule has 0 bridgehead atoms. The SMILES string of the molecule is O=C(Sc1ccc(C(=O)NCC2CCCO2)c2cccnc12)c1ccccc1. The first-order valence-electron chi connectivity index (χ1n) is 9.27. The predicted octanol–water partition coefficient (Wildman–Crippen LogP) is 4.08. The summed E-state index contributed by atoms with van der Waals surface area (Å²) in [5, 5.41) is 3.64. The van der Waals surface area contributed by atoms with Crippen LogP contribution in [0.5, 0.6) is 0 Å². The molecular formula is C22H20N2O3S. The molecule has 1 atom stereocenters. The summed E-state index contributed by atoms with van der Waals surface area (Å²) < 4.78 is 5.56. The molecule has 0 spiro atoms. The van der Waals surface area contributed by atoms with Crippen molar-refractivity contribution in [2.24, 2.45) is 0 Å². The van der Waals surface area contributed by atoms with Crippen molar-refractivity contribution in [2.45, 2.75) is 23.8 Å². The van der Waals surface area contributed by atoms with E-state index < -0.39 is 0 Å². The molecule has 2 aromatic carbocycles. The molecule has 1 aliphatic rings. The predicted molar refractivity (Wildman–Crippen MR) is 110 cm³/mol. The summed E-state index contributed by atoms with van der Waals surface area (Å²) in [4.78, 5) is 30.4. The molecule has 1 saturated heterocycles. The number of hydrogen-bond acceptors (Lipinski definition) is 5. The van der Waals surface area contributed by atoms with E-state index in [0.717, 1.165) is 41.5 Å². The Morgan fingerprint density at radius 1 is 1.11 bits per heavy atom. The molecule has 2 heterocycles. The highest BCUT2D eigenvalue weighted by Gasteiger charge is 2.19. The van der Waals surface area contributed by atoms with E-state index in [9.17, 15) is 9.59 Å². The van der Waals surface area contributed by atoms with Gasteiger partial charge in [-0.3, -0.25) is 14.6 Å². The number of ether oxygens (including phenoxy) is 1. The Bertz CT molecular complexity index is 1000. The maximum Gasteiger partial charge on any atom is 0.252 e. The lowest BCUT2D eigenvalue weighted by Crippen LogP contribution is -2.31. The first-order valence-corrected chi connectivity index (χ1v) is 10.1. The minimum Gasteiger partial charge on any atom is -0.376 e. The van der Waals surface area contributed by atoms with Gasteiger partial charge in [0, 0.05) is 40.8 Å². The van der Waals surface area contributed by atoms with Gasteiger partial charge in [0.2, 0.25) is 5.12 Å². The minimum atomic E-state index is -0.153. The fourth-order valence-corrected chi connectivity index (χ4v) is 4.12. The highest BCUT2D eigenvalue weighted by atomic mass is 32.2. The highest BCUT2D eigenvalue weighted by Crippen LogP contribution is 2.31. The number of pyridine rings is 1. The van der Waals surface area contributed by atoms with Gasteiger partial charge in [-0.15, -0.1) is 0 Å². The number of benzene rings is 2. The number of rotatable bonds is 5. The molecule has 1 unspecified atom stereocenters. The summed E-state index contributed by atoms with van der Waals surface area (Å²) in [5.74, 6) is -0.153. The van der Waals surface area contributed by atoms with Crippen LogP contribution < -0.4 is 5.32 Å². The van der Waals surface area contributed by atoms with Crippen LogP contribution >= 0.6 is 11.8 Å². The number of fused-ring (bicyclic) bond motifs is 1. The van der Waals surface area contributed by atoms with Crippen molar-refractivity contribution in [2.75, 3.05) is 13.2 Å². The molecule has 4 rings (SSSR count). The quantitative estimate of drug-likeness (QED) is 0.663. The monoisotopic (exact) mass is 392 g/mol. The van der Waals surface area contributed by atoms with Crippen molar-refractivity contribution in [3.05, 3.63) is 71.9 Å². The van der Waals surface area contributed by atoms with Crippen LogP contribution in [0.2, 0.25) is 0 Å². The van der Waals surface area contributed by atoms with Gasteiger partial charge in [0.15, 0.2) is 0 Å². The molecule has 5 nitrogen and oxygen atoms in total. The van der Waals surface area contributed by atoms with Gasteiger partial charge < -0.3 is 10.1 Å². The van der Waals surface area contributed by atoms with Crippen LogP contribution in [0, 0.1) is 0 Å². The van der Waals surface area contributed by atoms with Crippen LogP contribution in [0.15, 0.2) is 65.7 Å². The van der Waals surface area contributed by atoms with Gasteiger partial charge in [0.1, 0.15) is 0 Å². The fraction of sp³-hybridized carbons (Fsp3) is 0.227. The smallest absolute Gasteiger partial charge is 0.252 e. The average molecular weight is 392 g/mol. The van der Waals surface area contributed by atoms with Gasteiger partial charge in [-0.1, -0.05) is 36.4 Å². The number of nitrogens with one attached hydrogen (secondary N) is 1. The van der Waals surface area contributed by atoms with Gasteiger partial charge in [-0.2, -0.15) is 0 Å². The van der Waals surface area contributed by atoms with Crippen LogP contribution in [0.3, 0.4) is 0 Å². The van der Waals surface area contributed by atoms with Gasteiger partial charge in [-0.25, -0.2) is 0 Å². The second kappa shape index (κ2) is 8.54. The van der Waals surface area contributed by atoms with E-state index in [2.05, 4.69) is 10.3 Å². The molecule has 1 amide bonds. The molecular weight excluding hydrogens is 372 g/mol. The molecule has 0 saturated carbocycles. The Morgan fingerprint density at radius 2 is 1.96 bits per heavy atom. The van der Waals surface area contributed by atoms with Crippen LogP contribution in [0.4, 0.5) is 0 Å². The number of carbonyl (C=O) groups is 2. The lowest BCUT2D eigenvalue weighted by Gasteiger charge is -2.13. The summed E-state index contributed by atoms with van der Waals surface area (Å²) in [5.41, 5.74) is 1.84. The number of amides is 1. The maximum atomic E-state index is 12.7. The standard InChI is InChI=1S/C22H20N2O3S/c25-21(24-14-16-8-5-13-27-16)18-10-11-19(20-17(18)9-4-12-23-20)28-22(26)15-6-2-1-3-7-15/h1-4,6-7,9-12,16H,5,8,13-14H2,(H,24,25). The Balaban J connectivity index is 1.57. The van der Waals surface area contributed by atoms with Crippen molar-refractivity contribution >= 4 is 33.7 Å². The second-order valence-electron chi connectivity index (χ2n) is 6.61. The van der Waals surface area contributed by atoms with Crippen molar-refractivity contribution in [3.8, 4) is 0 Å². The van der Waals surface area contributed by atoms with Crippen LogP contribution in [-0.4, -0.2) is 35.3 Å². The molecule has 1 aromatic heterocycles. The average Bonchev–Trinajstić information content (AvgIpc) is 3.26. The molecule has 1 N–H and O–H groups in total. The van der Waals surface area contributed by atoms with Crippen LogP contribution in [0.25, 0.3) is 10.9 Å². The number of carbonyl (C=O) groups excluding carboxylic acids is 2. The van der Waals surface area contributed by atoms with Crippen molar-refractivity contribution < 1.29 is 14.3 Å². The van der Waals surface area contributed by atoms with Crippen LogP contribution in [-0.2, 0) is 4.74 Å². The second-order valence-corrected chi connectivity index (χ2v) is 7.63. The zero-order chi connectivity index (χ0) is 19.3. The van der Waals surface area contributed by atoms with Crippen LogP contribution in [0.1, 0.15) is 33.6 Å². The lowest BCUT2D eigenvalue weighted by atomic mass is 10.1. The van der Waals surface area contributed by atoms with E-state index in [4.69, 9.17) is 4.74 Å². The van der Waals surface area contributed by atoms with Gasteiger partial charge >= 0.3 is 0 Å². The molecule has 142 valence electrons. The van der Waals surface area contributed by atoms with E-state index in [-0.39, 0.29) is 17.1 Å². The molecule has 1 aliphatic heterocycles. The summed E-state index contributed by atoms with van der Waals surface area (Å²) in [6.07, 6.45) is 3.77. The molecule has 3 aromatic rings. The topological polar surface area (TPSA) is 68.3 Å². The Labute approximate surface area is 167 Å². The number of nitrogens with zero attached hydrogens (tertiary/aromatic N) is 1. The molecule has 1 fully saturated rings. The maximum absolute atomic E-state index is 12.7. The highest BCUT2D eigenvalue weighted by molar-refractivity contribution is 8.14. The van der Waals surface area contributed by atoms with Gasteiger partial charge in [-0.05, 0) is 42.8 Å². The normalized spacial score (nSPS) is 16.2. The summed E-state index contributed by atoms with van der Waals surface area (Å²) >= 11 is 1.13. The Hall–Kier alpha value is -2.70. The van der Waals surface area contributed by atoms with Gasteiger partial charge in [0.05, 0.1) is 11.6 Å². The third-order valence-electron chi connectivity index (χ3n) is 4.70. The van der Waals surface area contributed by atoms with E-state index in [0.29, 0.717) is 23.2 Å². The summed E-state index contributed by atoms with van der Waals surface area (Å²) in [6, 6.07) is 16.3. The van der Waals surface area contributed by atoms with E-state index >= 15 is 0 Å². The third kappa shape index (κ3) is 4.08. The molecule has 6 heteroatoms.